The van der Waals surface area contributed by atoms with Crippen molar-refractivity contribution in [3.8, 4) is 5.82 Å². The van der Waals surface area contributed by atoms with Crippen molar-refractivity contribution in [3.63, 3.8) is 0 Å². The minimum absolute atomic E-state index is 0.579. The predicted octanol–water partition coefficient (Wildman–Crippen LogP) is 1.60. The molecule has 0 aliphatic rings. The number of hydrogen-bond donors (Lipinski definition) is 2. The van der Waals surface area contributed by atoms with Gasteiger partial charge in [-0.1, -0.05) is 6.07 Å². The normalized spacial score (nSPS) is 11.8. The fourth-order valence-corrected chi connectivity index (χ4v) is 2.74. The van der Waals surface area contributed by atoms with Crippen LogP contribution in [0.5, 0.6) is 0 Å². The van der Waals surface area contributed by atoms with E-state index >= 15 is 0 Å². The Labute approximate surface area is 168 Å². The monoisotopic (exact) mass is 387 g/mol. The van der Waals surface area contributed by atoms with Gasteiger partial charge in [0.1, 0.15) is 11.6 Å². The zero-order valence-electron chi connectivity index (χ0n) is 17.5. The number of aromatic nitrogens is 3. The van der Waals surface area contributed by atoms with E-state index in [4.69, 9.17) is 4.74 Å². The molecule has 2 N–H and O–H groups in total. The van der Waals surface area contributed by atoms with Gasteiger partial charge in [0.05, 0.1) is 6.54 Å². The molecule has 0 aliphatic carbocycles. The average molecular weight is 388 g/mol. The molecule has 0 radical (unpaired) electrons. The second-order valence-electron chi connectivity index (χ2n) is 6.64. The van der Waals surface area contributed by atoms with Crippen LogP contribution < -0.4 is 10.6 Å². The van der Waals surface area contributed by atoms with Crippen LogP contribution in [0.25, 0.3) is 5.82 Å². The second kappa shape index (κ2) is 12.1. The van der Waals surface area contributed by atoms with E-state index in [0.29, 0.717) is 6.54 Å². The summed E-state index contributed by atoms with van der Waals surface area (Å²) in [4.78, 5) is 15.7. The molecule has 0 saturated heterocycles. The molecule has 0 amide bonds. The highest BCUT2D eigenvalue weighted by molar-refractivity contribution is 5.79. The molecule has 28 heavy (non-hydrogen) atoms. The largest absolute Gasteiger partial charge is 0.385 e. The highest BCUT2D eigenvalue weighted by Gasteiger charge is 2.03. The molecule has 0 atom stereocenters. The summed E-state index contributed by atoms with van der Waals surface area (Å²) in [6, 6.07) is 4.05. The van der Waals surface area contributed by atoms with Crippen LogP contribution in [0.15, 0.2) is 35.7 Å². The van der Waals surface area contributed by atoms with E-state index in [1.807, 2.05) is 30.0 Å². The number of guanidine groups is 1. The summed E-state index contributed by atoms with van der Waals surface area (Å²) in [7, 11) is 3.86. The quantitative estimate of drug-likeness (QED) is 0.346. The third-order valence-electron chi connectivity index (χ3n) is 4.32. The topological polar surface area (TPSA) is 79.6 Å². The lowest BCUT2D eigenvalue weighted by molar-refractivity contribution is 0.180. The molecular weight excluding hydrogens is 354 g/mol. The van der Waals surface area contributed by atoms with E-state index in [-0.39, 0.29) is 0 Å². The summed E-state index contributed by atoms with van der Waals surface area (Å²) >= 11 is 0. The maximum atomic E-state index is 5.09. The number of aryl methyl sites for hydroxylation is 1. The van der Waals surface area contributed by atoms with E-state index in [1.165, 1.54) is 0 Å². The SMILES string of the molecule is CCNC(=NCc1ccc(-n2ccnc2C)nc1)NCCN(C)CCCOC. The van der Waals surface area contributed by atoms with Crippen molar-refractivity contribution in [3.05, 3.63) is 42.1 Å². The number of ether oxygens (including phenoxy) is 1. The molecule has 0 unspecified atom stereocenters. The van der Waals surface area contributed by atoms with E-state index in [9.17, 15) is 0 Å². The van der Waals surface area contributed by atoms with Crippen LogP contribution in [0.4, 0.5) is 0 Å². The van der Waals surface area contributed by atoms with Crippen molar-refractivity contribution in [2.45, 2.75) is 26.8 Å². The van der Waals surface area contributed by atoms with E-state index in [1.54, 1.807) is 13.3 Å². The van der Waals surface area contributed by atoms with Crippen LogP contribution in [0.2, 0.25) is 0 Å². The number of nitrogens with one attached hydrogen (secondary N) is 2. The fourth-order valence-electron chi connectivity index (χ4n) is 2.74. The number of aliphatic imine (C=N–C) groups is 1. The van der Waals surface area contributed by atoms with Gasteiger partial charge in [-0.3, -0.25) is 4.57 Å². The number of pyridine rings is 1. The van der Waals surface area contributed by atoms with Crippen molar-refractivity contribution >= 4 is 5.96 Å². The molecule has 8 heteroatoms. The Morgan fingerprint density at radius 1 is 1.25 bits per heavy atom. The van der Waals surface area contributed by atoms with Gasteiger partial charge in [0.2, 0.25) is 0 Å². The third kappa shape index (κ3) is 7.28. The van der Waals surface area contributed by atoms with Crippen molar-refractivity contribution in [1.82, 2.24) is 30.1 Å². The Morgan fingerprint density at radius 2 is 2.11 bits per heavy atom. The van der Waals surface area contributed by atoms with E-state index in [2.05, 4.69) is 50.5 Å². The fraction of sp³-hybridized carbons (Fsp3) is 0.550. The lowest BCUT2D eigenvalue weighted by Crippen LogP contribution is -2.41. The van der Waals surface area contributed by atoms with Gasteiger partial charge < -0.3 is 20.3 Å². The number of rotatable bonds is 11. The van der Waals surface area contributed by atoms with Crippen LogP contribution >= 0.6 is 0 Å². The number of nitrogens with zero attached hydrogens (tertiary/aromatic N) is 5. The van der Waals surface area contributed by atoms with Gasteiger partial charge in [0.25, 0.3) is 0 Å². The molecule has 0 aromatic carbocycles. The molecule has 0 saturated carbocycles. The molecule has 0 spiro atoms. The average Bonchev–Trinajstić information content (AvgIpc) is 3.12. The Morgan fingerprint density at radius 3 is 2.75 bits per heavy atom. The molecule has 0 bridgehead atoms. The van der Waals surface area contributed by atoms with Crippen LogP contribution in [0.1, 0.15) is 24.7 Å². The number of likely N-dealkylation sites (N-methyl/N-ethyl adjacent to an activating group) is 1. The van der Waals surface area contributed by atoms with Crippen LogP contribution in [-0.2, 0) is 11.3 Å². The zero-order valence-corrected chi connectivity index (χ0v) is 17.5. The second-order valence-corrected chi connectivity index (χ2v) is 6.64. The lowest BCUT2D eigenvalue weighted by Gasteiger charge is -2.18. The summed E-state index contributed by atoms with van der Waals surface area (Å²) in [5, 5.41) is 6.67. The van der Waals surface area contributed by atoms with Crippen LogP contribution in [0.3, 0.4) is 0 Å². The Balaban J connectivity index is 1.83. The van der Waals surface area contributed by atoms with Gasteiger partial charge in [0.15, 0.2) is 5.96 Å². The van der Waals surface area contributed by atoms with Crippen LogP contribution in [-0.4, -0.2) is 72.3 Å². The van der Waals surface area contributed by atoms with Crippen molar-refractivity contribution in [2.24, 2.45) is 4.99 Å². The van der Waals surface area contributed by atoms with Gasteiger partial charge in [-0.25, -0.2) is 15.0 Å². The first-order valence-corrected chi connectivity index (χ1v) is 9.79. The highest BCUT2D eigenvalue weighted by atomic mass is 16.5. The Kier molecular flexibility index (Phi) is 9.44. The van der Waals surface area contributed by atoms with Crippen molar-refractivity contribution < 1.29 is 4.74 Å². The zero-order chi connectivity index (χ0) is 20.2. The van der Waals surface area contributed by atoms with Gasteiger partial charge in [-0.15, -0.1) is 0 Å². The predicted molar refractivity (Wildman–Crippen MR) is 113 cm³/mol. The third-order valence-corrected chi connectivity index (χ3v) is 4.32. The standard InChI is InChI=1S/C20H33N7O/c1-5-21-20(23-9-12-26(3)11-6-14-28-4)25-16-18-7-8-19(24-15-18)27-13-10-22-17(27)2/h7-8,10,13,15H,5-6,9,11-12,14,16H2,1-4H3,(H2,21,23,25). The van der Waals surface area contributed by atoms with Gasteiger partial charge >= 0.3 is 0 Å². The molecule has 2 aromatic heterocycles. The summed E-state index contributed by atoms with van der Waals surface area (Å²) < 4.78 is 7.05. The first kappa shape index (κ1) is 21.8. The molecular formula is C20H33N7O. The Bertz CT molecular complexity index is 712. The summed E-state index contributed by atoms with van der Waals surface area (Å²) in [5.74, 6) is 2.61. The number of hydrogen-bond acceptors (Lipinski definition) is 5. The van der Waals surface area contributed by atoms with Crippen LogP contribution in [0, 0.1) is 6.92 Å². The van der Waals surface area contributed by atoms with Gasteiger partial charge in [-0.05, 0) is 38.9 Å². The van der Waals surface area contributed by atoms with Gasteiger partial charge in [-0.2, -0.15) is 0 Å². The summed E-state index contributed by atoms with van der Waals surface area (Å²) in [5.41, 5.74) is 1.07. The molecule has 2 rings (SSSR count). The molecule has 2 aromatic rings. The van der Waals surface area contributed by atoms with Crippen molar-refractivity contribution in [2.75, 3.05) is 46.9 Å². The smallest absolute Gasteiger partial charge is 0.191 e. The molecule has 2 heterocycles. The van der Waals surface area contributed by atoms with E-state index < -0.39 is 0 Å². The molecule has 8 nitrogen and oxygen atoms in total. The molecule has 0 aliphatic heterocycles. The van der Waals surface area contributed by atoms with Crippen molar-refractivity contribution in [1.29, 1.82) is 0 Å². The first-order valence-electron chi connectivity index (χ1n) is 9.79. The minimum atomic E-state index is 0.579. The Hall–Kier alpha value is -2.45. The molecule has 0 fully saturated rings. The molecule has 154 valence electrons. The highest BCUT2D eigenvalue weighted by Crippen LogP contribution is 2.09. The maximum absolute atomic E-state index is 5.09. The van der Waals surface area contributed by atoms with Gasteiger partial charge in [0, 0.05) is 58.5 Å². The number of methoxy groups -OCH3 is 1. The van der Waals surface area contributed by atoms with E-state index in [0.717, 1.165) is 62.4 Å². The first-order chi connectivity index (χ1) is 13.6. The lowest BCUT2D eigenvalue weighted by atomic mass is 10.3. The minimum Gasteiger partial charge on any atom is -0.385 e. The number of imidazole rings is 1. The maximum Gasteiger partial charge on any atom is 0.191 e. The summed E-state index contributed by atoms with van der Waals surface area (Å²) in [6.45, 7) is 9.05. The summed E-state index contributed by atoms with van der Waals surface area (Å²) in [6.07, 6.45) is 6.60.